The lowest BCUT2D eigenvalue weighted by atomic mass is 9.77. The van der Waals surface area contributed by atoms with Crippen molar-refractivity contribution in [1.82, 2.24) is 0 Å². The first-order valence-electron chi connectivity index (χ1n) is 12.9. The van der Waals surface area contributed by atoms with Gasteiger partial charge >= 0.3 is 11.9 Å². The molecule has 0 bridgehead atoms. The number of carbonyl (C=O) groups excluding carboxylic acids is 2. The van der Waals surface area contributed by atoms with E-state index >= 15 is 0 Å². The van der Waals surface area contributed by atoms with E-state index in [0.717, 1.165) is 19.4 Å². The molecule has 7 N–H and O–H groups in total. The second kappa shape index (κ2) is 12.1. The molecule has 0 amide bonds. The fourth-order valence-corrected chi connectivity index (χ4v) is 5.47. The largest absolute Gasteiger partial charge is 0.504 e. The van der Waals surface area contributed by atoms with E-state index in [1.165, 1.54) is 32.2 Å². The molecule has 2 aliphatic heterocycles. The van der Waals surface area contributed by atoms with Crippen LogP contribution in [-0.2, 0) is 33.3 Å². The van der Waals surface area contributed by atoms with Gasteiger partial charge in [-0.2, -0.15) is 0 Å². The third-order valence-electron chi connectivity index (χ3n) is 7.75. The van der Waals surface area contributed by atoms with E-state index in [-0.39, 0.29) is 11.5 Å². The number of benzene rings is 1. The Morgan fingerprint density at radius 2 is 1.81 bits per heavy atom. The maximum Gasteiger partial charge on any atom is 0.339 e. The summed E-state index contributed by atoms with van der Waals surface area (Å²) in [5, 5.41) is 73.4. The van der Waals surface area contributed by atoms with Crippen molar-refractivity contribution in [2.75, 3.05) is 20.8 Å². The standard InChI is InChI=1S/C27H34O15/c1-26(35)17(41-18(30)7-5-12-4-6-15(37-2)14(29)8-12)9-27(36)13(23(34)38-3)11-39-25(22(26)27)42-24-21(33)20(32)19(31)16(10-28)40-24/h4-8,11,16-17,19-22,24-25,28-29,31-33,35-36H,9-10H2,1-3H3/t16-,17+,19-,20+,21-,22-,24+,25+,26+,27+/m1/s1. The minimum atomic E-state index is -2.25. The smallest absolute Gasteiger partial charge is 0.339 e. The molecule has 15 heteroatoms. The molecular formula is C27H34O15. The Hall–Kier alpha value is -3.28. The van der Waals surface area contributed by atoms with E-state index in [2.05, 4.69) is 0 Å². The number of aliphatic hydroxyl groups excluding tert-OH is 4. The number of phenolic OH excluding ortho intramolecular Hbond substituents is 1. The molecule has 2 heterocycles. The molecule has 232 valence electrons. The van der Waals surface area contributed by atoms with Crippen LogP contribution >= 0.6 is 0 Å². The van der Waals surface area contributed by atoms with Crippen LogP contribution in [0.4, 0.5) is 0 Å². The number of carbonyl (C=O) groups is 2. The van der Waals surface area contributed by atoms with Gasteiger partial charge in [0.15, 0.2) is 17.8 Å². The zero-order chi connectivity index (χ0) is 31.0. The van der Waals surface area contributed by atoms with Crippen molar-refractivity contribution in [2.24, 2.45) is 5.92 Å². The van der Waals surface area contributed by atoms with Gasteiger partial charge in [0, 0.05) is 12.5 Å². The normalized spacial score (nSPS) is 37.9. The highest BCUT2D eigenvalue weighted by Crippen LogP contribution is 2.53. The first-order valence-corrected chi connectivity index (χ1v) is 12.9. The average Bonchev–Trinajstić information content (AvgIpc) is 3.16. The number of aliphatic hydroxyl groups is 6. The zero-order valence-corrected chi connectivity index (χ0v) is 22.9. The molecule has 0 spiro atoms. The van der Waals surface area contributed by atoms with Crippen molar-refractivity contribution in [1.29, 1.82) is 0 Å². The quantitative estimate of drug-likeness (QED) is 0.127. The Bertz CT molecular complexity index is 1230. The molecule has 1 saturated heterocycles. The number of esters is 2. The maximum atomic E-state index is 12.7. The molecule has 1 aromatic rings. The number of hydrogen-bond acceptors (Lipinski definition) is 15. The third kappa shape index (κ3) is 5.69. The lowest BCUT2D eigenvalue weighted by Crippen LogP contribution is -2.62. The van der Waals surface area contributed by atoms with Gasteiger partial charge in [-0.1, -0.05) is 6.07 Å². The van der Waals surface area contributed by atoms with Gasteiger partial charge in [0.1, 0.15) is 47.3 Å². The summed E-state index contributed by atoms with van der Waals surface area (Å²) in [6.45, 7) is 0.474. The van der Waals surface area contributed by atoms with Crippen molar-refractivity contribution in [2.45, 2.75) is 67.6 Å². The minimum Gasteiger partial charge on any atom is -0.504 e. The predicted molar refractivity (Wildman–Crippen MR) is 137 cm³/mol. The van der Waals surface area contributed by atoms with Crippen molar-refractivity contribution in [3.8, 4) is 11.5 Å². The SMILES string of the molecule is COC(=O)C1=CO[C@@H](O[C@@H]2O[C@H](CO)[C@@H](O)[C@H](O)[C@H]2O)[C@@H]2[C@@](C)(O)[C@@H](OC(=O)C=Cc3ccc(OC)c(O)c3)C[C@]12O. The van der Waals surface area contributed by atoms with Gasteiger partial charge in [0.2, 0.25) is 6.29 Å². The van der Waals surface area contributed by atoms with Crippen LogP contribution in [0.5, 0.6) is 11.5 Å². The van der Waals surface area contributed by atoms with Crippen LogP contribution in [0, 0.1) is 5.92 Å². The van der Waals surface area contributed by atoms with E-state index in [1.54, 1.807) is 6.07 Å². The number of fused-ring (bicyclic) bond motifs is 1. The number of ether oxygens (including phenoxy) is 6. The highest BCUT2D eigenvalue weighted by atomic mass is 16.8. The van der Waals surface area contributed by atoms with E-state index in [9.17, 15) is 45.3 Å². The first kappa shape index (κ1) is 31.7. The number of phenols is 1. The lowest BCUT2D eigenvalue weighted by molar-refractivity contribution is -0.352. The second-order valence-electron chi connectivity index (χ2n) is 10.4. The molecule has 42 heavy (non-hydrogen) atoms. The summed E-state index contributed by atoms with van der Waals surface area (Å²) < 4.78 is 31.7. The van der Waals surface area contributed by atoms with Crippen LogP contribution in [0.25, 0.3) is 6.08 Å². The monoisotopic (exact) mass is 598 g/mol. The Labute approximate surface area is 239 Å². The second-order valence-corrected chi connectivity index (χ2v) is 10.4. The highest BCUT2D eigenvalue weighted by molar-refractivity contribution is 5.91. The summed E-state index contributed by atoms with van der Waals surface area (Å²) in [4.78, 5) is 25.3. The molecule has 1 aliphatic carbocycles. The third-order valence-corrected chi connectivity index (χ3v) is 7.75. The van der Waals surface area contributed by atoms with Gasteiger partial charge in [-0.3, -0.25) is 0 Å². The Morgan fingerprint density at radius 3 is 2.43 bits per heavy atom. The molecule has 0 aromatic heterocycles. The number of methoxy groups -OCH3 is 2. The molecule has 0 radical (unpaired) electrons. The predicted octanol–water partition coefficient (Wildman–Crippen LogP) is -1.94. The number of aromatic hydroxyl groups is 1. The minimum absolute atomic E-state index is 0.161. The topological polar surface area (TPSA) is 231 Å². The summed E-state index contributed by atoms with van der Waals surface area (Å²) in [5.74, 6) is -3.43. The summed E-state index contributed by atoms with van der Waals surface area (Å²) >= 11 is 0. The molecular weight excluding hydrogens is 564 g/mol. The van der Waals surface area contributed by atoms with Crippen LogP contribution in [-0.4, -0.2) is 123 Å². The highest BCUT2D eigenvalue weighted by Gasteiger charge is 2.69. The van der Waals surface area contributed by atoms with Gasteiger partial charge in [-0.05, 0) is 30.7 Å². The van der Waals surface area contributed by atoms with E-state index < -0.39 is 90.8 Å². The van der Waals surface area contributed by atoms with E-state index in [0.29, 0.717) is 5.56 Å². The van der Waals surface area contributed by atoms with Crippen molar-refractivity contribution in [3.63, 3.8) is 0 Å². The molecule has 10 atom stereocenters. The zero-order valence-electron chi connectivity index (χ0n) is 22.9. The van der Waals surface area contributed by atoms with Crippen molar-refractivity contribution >= 4 is 18.0 Å². The number of hydrogen-bond donors (Lipinski definition) is 7. The summed E-state index contributed by atoms with van der Waals surface area (Å²) in [5.41, 5.74) is -4.37. The van der Waals surface area contributed by atoms with Crippen LogP contribution in [0.1, 0.15) is 18.9 Å². The molecule has 1 saturated carbocycles. The summed E-state index contributed by atoms with van der Waals surface area (Å²) in [6.07, 6.45) is -8.76. The molecule has 1 aromatic carbocycles. The fourth-order valence-electron chi connectivity index (χ4n) is 5.47. The summed E-state index contributed by atoms with van der Waals surface area (Å²) in [7, 11) is 2.44. The van der Waals surface area contributed by atoms with Gasteiger partial charge in [-0.25, -0.2) is 9.59 Å². The molecule has 15 nitrogen and oxygen atoms in total. The van der Waals surface area contributed by atoms with Crippen LogP contribution in [0.15, 0.2) is 36.1 Å². The van der Waals surface area contributed by atoms with Crippen molar-refractivity contribution < 1.29 is 73.8 Å². The Balaban J connectivity index is 1.59. The van der Waals surface area contributed by atoms with Gasteiger partial charge in [-0.15, -0.1) is 0 Å². The molecule has 3 aliphatic rings. The first-order chi connectivity index (χ1) is 19.8. The fraction of sp³-hybridized carbons (Fsp3) is 0.556. The van der Waals surface area contributed by atoms with E-state index in [1.807, 2.05) is 0 Å². The van der Waals surface area contributed by atoms with Gasteiger partial charge < -0.3 is 64.2 Å². The van der Waals surface area contributed by atoms with Crippen LogP contribution < -0.4 is 4.74 Å². The van der Waals surface area contributed by atoms with Crippen molar-refractivity contribution in [3.05, 3.63) is 41.7 Å². The van der Waals surface area contributed by atoms with Gasteiger partial charge in [0.25, 0.3) is 0 Å². The number of rotatable bonds is 8. The van der Waals surface area contributed by atoms with E-state index in [4.69, 9.17) is 28.4 Å². The van der Waals surface area contributed by atoms with Gasteiger partial charge in [0.05, 0.1) is 33.0 Å². The van der Waals surface area contributed by atoms with Crippen LogP contribution in [0.2, 0.25) is 0 Å². The van der Waals surface area contributed by atoms with Crippen LogP contribution in [0.3, 0.4) is 0 Å². The molecule has 4 rings (SSSR count). The lowest BCUT2D eigenvalue weighted by Gasteiger charge is -2.46. The maximum absolute atomic E-state index is 12.7. The summed E-state index contributed by atoms with van der Waals surface area (Å²) in [6, 6.07) is 4.40. The molecule has 2 fully saturated rings. The molecule has 0 unspecified atom stereocenters. The Morgan fingerprint density at radius 1 is 1.10 bits per heavy atom. The average molecular weight is 599 g/mol. The Kier molecular flexibility index (Phi) is 9.15.